The van der Waals surface area contributed by atoms with E-state index in [4.69, 9.17) is 4.74 Å². The number of hydrogen-bond acceptors (Lipinski definition) is 4. The van der Waals surface area contributed by atoms with Crippen LogP contribution in [0.15, 0.2) is 66.7 Å². The molecule has 2 aromatic rings. The summed E-state index contributed by atoms with van der Waals surface area (Å²) < 4.78 is 5.86. The molecule has 0 aliphatic carbocycles. The van der Waals surface area contributed by atoms with Gasteiger partial charge in [0.2, 0.25) is 5.91 Å². The van der Waals surface area contributed by atoms with Gasteiger partial charge in [-0.1, -0.05) is 36.4 Å². The first-order chi connectivity index (χ1) is 14.5. The molecular weight excluding hydrogens is 382 g/mol. The smallest absolute Gasteiger partial charge is 0.319 e. The minimum Gasteiger partial charge on any atom is -0.455 e. The molecule has 0 spiro atoms. The molecule has 2 aromatic carbocycles. The molecule has 1 heterocycles. The quantitative estimate of drug-likeness (QED) is 0.582. The highest BCUT2D eigenvalue weighted by Crippen LogP contribution is 2.29. The van der Waals surface area contributed by atoms with Crippen molar-refractivity contribution in [2.75, 3.05) is 11.9 Å². The summed E-state index contributed by atoms with van der Waals surface area (Å²) >= 11 is 0. The summed E-state index contributed by atoms with van der Waals surface area (Å²) in [6, 6.07) is 15.5. The van der Waals surface area contributed by atoms with Crippen LogP contribution in [0.4, 0.5) is 10.5 Å². The van der Waals surface area contributed by atoms with Crippen molar-refractivity contribution in [1.82, 2.24) is 10.6 Å². The van der Waals surface area contributed by atoms with Gasteiger partial charge in [0.15, 0.2) is 11.5 Å². The van der Waals surface area contributed by atoms with E-state index in [-0.39, 0.29) is 17.6 Å². The zero-order chi connectivity index (χ0) is 21.3. The number of urea groups is 1. The molecule has 0 aromatic heterocycles. The van der Waals surface area contributed by atoms with Gasteiger partial charge in [-0.2, -0.15) is 0 Å². The fourth-order valence-electron chi connectivity index (χ4n) is 3.21. The van der Waals surface area contributed by atoms with Crippen molar-refractivity contribution in [2.45, 2.75) is 25.8 Å². The molecular formula is C23H25N3O4. The Bertz CT molecular complexity index is 927. The van der Waals surface area contributed by atoms with Crippen LogP contribution in [0.25, 0.3) is 0 Å². The second-order valence-corrected chi connectivity index (χ2v) is 7.10. The van der Waals surface area contributed by atoms with Crippen molar-refractivity contribution >= 4 is 23.4 Å². The van der Waals surface area contributed by atoms with E-state index in [9.17, 15) is 14.4 Å². The fraction of sp³-hybridized carbons (Fsp3) is 0.261. The lowest BCUT2D eigenvalue weighted by molar-refractivity contribution is -0.122. The van der Waals surface area contributed by atoms with Crippen LogP contribution in [-0.4, -0.2) is 30.3 Å². The number of rotatable bonds is 8. The Kier molecular flexibility index (Phi) is 7.21. The number of anilines is 1. The topological polar surface area (TPSA) is 96.5 Å². The third-order valence-electron chi connectivity index (χ3n) is 4.69. The van der Waals surface area contributed by atoms with Crippen LogP contribution in [0.3, 0.4) is 0 Å². The van der Waals surface area contributed by atoms with Crippen molar-refractivity contribution in [3.8, 4) is 11.5 Å². The monoisotopic (exact) mass is 407 g/mol. The van der Waals surface area contributed by atoms with Crippen LogP contribution in [0.5, 0.6) is 11.5 Å². The molecule has 1 aliphatic rings. The predicted octanol–water partition coefficient (Wildman–Crippen LogP) is 3.64. The lowest BCUT2D eigenvalue weighted by atomic mass is 9.98. The Labute approximate surface area is 175 Å². The van der Waals surface area contributed by atoms with Crippen LogP contribution in [0.1, 0.15) is 19.8 Å². The van der Waals surface area contributed by atoms with E-state index >= 15 is 0 Å². The lowest BCUT2D eigenvalue weighted by Crippen LogP contribution is -2.39. The summed E-state index contributed by atoms with van der Waals surface area (Å²) in [5.41, 5.74) is 0.506. The summed E-state index contributed by atoms with van der Waals surface area (Å²) in [4.78, 5) is 35.9. The summed E-state index contributed by atoms with van der Waals surface area (Å²) in [6.45, 7) is 2.07. The van der Waals surface area contributed by atoms with Crippen LogP contribution in [0.2, 0.25) is 0 Å². The van der Waals surface area contributed by atoms with E-state index < -0.39 is 12.1 Å². The number of para-hydroxylation sites is 3. The van der Waals surface area contributed by atoms with Crippen molar-refractivity contribution in [2.24, 2.45) is 5.92 Å². The third-order valence-corrected chi connectivity index (χ3v) is 4.69. The second-order valence-electron chi connectivity index (χ2n) is 7.10. The first-order valence-corrected chi connectivity index (χ1v) is 9.87. The fourth-order valence-corrected chi connectivity index (χ4v) is 3.21. The third kappa shape index (κ3) is 6.20. The Morgan fingerprint density at radius 1 is 1.17 bits per heavy atom. The van der Waals surface area contributed by atoms with Gasteiger partial charge in [0.1, 0.15) is 5.75 Å². The van der Waals surface area contributed by atoms with E-state index in [1.165, 1.54) is 13.0 Å². The maximum Gasteiger partial charge on any atom is 0.319 e. The van der Waals surface area contributed by atoms with Gasteiger partial charge >= 0.3 is 6.03 Å². The van der Waals surface area contributed by atoms with Gasteiger partial charge in [-0.25, -0.2) is 4.79 Å². The van der Waals surface area contributed by atoms with Crippen molar-refractivity contribution < 1.29 is 19.1 Å². The molecule has 7 nitrogen and oxygen atoms in total. The molecule has 2 atom stereocenters. The number of hydrogen-bond donors (Lipinski definition) is 3. The molecule has 2 unspecified atom stereocenters. The number of ketones is 1. The number of benzene rings is 2. The SMILES string of the molecule is CC(=O)/C=C/C(CC1CCNC1=O)NC(=O)Nc1ccccc1Oc1ccccc1. The molecule has 0 radical (unpaired) electrons. The molecule has 1 fully saturated rings. The Balaban J connectivity index is 1.67. The molecule has 3 rings (SSSR count). The molecule has 7 heteroatoms. The molecule has 3 N–H and O–H groups in total. The molecule has 1 saturated heterocycles. The molecule has 0 bridgehead atoms. The normalized spacial score (nSPS) is 16.7. The average Bonchev–Trinajstić information content (AvgIpc) is 3.13. The van der Waals surface area contributed by atoms with E-state index in [1.54, 1.807) is 24.3 Å². The zero-order valence-corrected chi connectivity index (χ0v) is 16.8. The van der Waals surface area contributed by atoms with Gasteiger partial charge in [0.25, 0.3) is 0 Å². The van der Waals surface area contributed by atoms with E-state index in [1.807, 2.05) is 36.4 Å². The summed E-state index contributed by atoms with van der Waals surface area (Å²) in [7, 11) is 0. The van der Waals surface area contributed by atoms with Gasteiger partial charge in [-0.05, 0) is 50.1 Å². The van der Waals surface area contributed by atoms with Crippen LogP contribution >= 0.6 is 0 Å². The van der Waals surface area contributed by atoms with Crippen molar-refractivity contribution in [1.29, 1.82) is 0 Å². The van der Waals surface area contributed by atoms with Gasteiger partial charge in [0, 0.05) is 12.5 Å². The highest BCUT2D eigenvalue weighted by molar-refractivity contribution is 5.92. The highest BCUT2D eigenvalue weighted by atomic mass is 16.5. The number of ether oxygens (including phenoxy) is 1. The number of amides is 3. The molecule has 0 saturated carbocycles. The first-order valence-electron chi connectivity index (χ1n) is 9.87. The Morgan fingerprint density at radius 2 is 1.90 bits per heavy atom. The van der Waals surface area contributed by atoms with Crippen LogP contribution in [-0.2, 0) is 9.59 Å². The van der Waals surface area contributed by atoms with E-state index in [0.717, 1.165) is 0 Å². The van der Waals surface area contributed by atoms with Gasteiger partial charge in [-0.3, -0.25) is 9.59 Å². The van der Waals surface area contributed by atoms with Crippen molar-refractivity contribution in [3.05, 3.63) is 66.7 Å². The zero-order valence-electron chi connectivity index (χ0n) is 16.8. The first kappa shape index (κ1) is 21.1. The van der Waals surface area contributed by atoms with E-state index in [2.05, 4.69) is 16.0 Å². The van der Waals surface area contributed by atoms with Gasteiger partial charge in [0.05, 0.1) is 11.7 Å². The maximum absolute atomic E-state index is 12.6. The molecule has 156 valence electrons. The molecule has 30 heavy (non-hydrogen) atoms. The minimum atomic E-state index is -0.454. The van der Waals surface area contributed by atoms with Crippen LogP contribution in [0, 0.1) is 5.92 Å². The number of carbonyl (C=O) groups excluding carboxylic acids is 3. The minimum absolute atomic E-state index is 0.0277. The van der Waals surface area contributed by atoms with Crippen LogP contribution < -0.4 is 20.7 Å². The summed E-state index contributed by atoms with van der Waals surface area (Å²) in [5.74, 6) is 0.812. The largest absolute Gasteiger partial charge is 0.455 e. The standard InChI is InChI=1S/C23H25N3O4/c1-16(27)11-12-18(15-17-13-14-24-22(17)28)25-23(29)26-20-9-5-6-10-21(20)30-19-7-3-2-4-8-19/h2-12,17-18H,13-15H2,1H3,(H,24,28)(H2,25,26,29)/b12-11+. The maximum atomic E-state index is 12.6. The van der Waals surface area contributed by atoms with Gasteiger partial charge < -0.3 is 20.7 Å². The number of allylic oxidation sites excluding steroid dienone is 1. The highest BCUT2D eigenvalue weighted by Gasteiger charge is 2.27. The molecule has 1 aliphatic heterocycles. The average molecular weight is 407 g/mol. The lowest BCUT2D eigenvalue weighted by Gasteiger charge is -2.19. The second kappa shape index (κ2) is 10.2. The number of nitrogens with one attached hydrogen (secondary N) is 3. The van der Waals surface area contributed by atoms with Crippen molar-refractivity contribution in [3.63, 3.8) is 0 Å². The summed E-state index contributed by atoms with van der Waals surface area (Å²) in [5, 5.41) is 8.41. The van der Waals surface area contributed by atoms with E-state index in [0.29, 0.717) is 36.6 Å². The summed E-state index contributed by atoms with van der Waals surface area (Å²) in [6.07, 6.45) is 4.16. The Hall–Kier alpha value is -3.61. The predicted molar refractivity (Wildman–Crippen MR) is 114 cm³/mol. The Morgan fingerprint density at radius 3 is 2.60 bits per heavy atom. The molecule has 3 amide bonds. The van der Waals surface area contributed by atoms with Gasteiger partial charge in [-0.15, -0.1) is 0 Å². The number of carbonyl (C=O) groups is 3.